The highest BCUT2D eigenvalue weighted by molar-refractivity contribution is 6.09. The molecule has 1 unspecified atom stereocenters. The molecule has 3 aromatic rings. The van der Waals surface area contributed by atoms with Crippen LogP contribution in [0.1, 0.15) is 69.2 Å². The molecule has 1 saturated heterocycles. The van der Waals surface area contributed by atoms with Gasteiger partial charge < -0.3 is 30.3 Å². The number of carbonyl (C=O) groups is 5. The van der Waals surface area contributed by atoms with E-state index in [2.05, 4.69) is 20.9 Å². The fraction of sp³-hybridized carbons (Fsp3) is 0.405. The molecule has 3 N–H and O–H groups in total. The Morgan fingerprint density at radius 2 is 1.76 bits per heavy atom. The average Bonchev–Trinajstić information content (AvgIpc) is 3.90. The molecule has 13 nitrogen and oxygen atoms in total. The SMILES string of the molecule is CCOC(=O)CC(NC(=O)[C@H](CC1CC1)N1C(=O)N(Cc2ccc(NC(=O)Nc3ccccc3C)c(OC)c2)C(C)(C)C1=O)c1cccnc1. The fourth-order valence-electron chi connectivity index (χ4n) is 6.00. The molecule has 2 atom stereocenters. The number of hydrogen-bond acceptors (Lipinski definition) is 8. The van der Waals surface area contributed by atoms with Gasteiger partial charge in [-0.25, -0.2) is 14.5 Å². The van der Waals surface area contributed by atoms with Crippen molar-refractivity contribution in [1.29, 1.82) is 0 Å². The highest BCUT2D eigenvalue weighted by atomic mass is 16.5. The minimum atomic E-state index is -1.27. The van der Waals surface area contributed by atoms with Crippen LogP contribution < -0.4 is 20.7 Å². The summed E-state index contributed by atoms with van der Waals surface area (Å²) in [4.78, 5) is 74.0. The molecule has 264 valence electrons. The predicted octanol–water partition coefficient (Wildman–Crippen LogP) is 5.56. The first-order valence-electron chi connectivity index (χ1n) is 16.7. The molecule has 13 heteroatoms. The number of carbonyl (C=O) groups excluding carboxylic acids is 5. The van der Waals surface area contributed by atoms with Gasteiger partial charge in [0.05, 0.1) is 31.9 Å². The number of ether oxygens (including phenoxy) is 2. The summed E-state index contributed by atoms with van der Waals surface area (Å²) in [6, 6.07) is 13.1. The molecule has 1 aliphatic heterocycles. The highest BCUT2D eigenvalue weighted by Gasteiger charge is 2.55. The molecule has 0 bridgehead atoms. The number of aromatic nitrogens is 1. The summed E-state index contributed by atoms with van der Waals surface area (Å²) in [6.45, 7) is 7.13. The van der Waals surface area contributed by atoms with Crippen molar-refractivity contribution in [3.63, 3.8) is 0 Å². The molecule has 5 rings (SSSR count). The van der Waals surface area contributed by atoms with E-state index in [0.29, 0.717) is 34.7 Å². The third kappa shape index (κ3) is 8.21. The predicted molar refractivity (Wildman–Crippen MR) is 186 cm³/mol. The Kier molecular flexibility index (Phi) is 11.0. The summed E-state index contributed by atoms with van der Waals surface area (Å²) in [6.07, 6.45) is 5.11. The van der Waals surface area contributed by atoms with Crippen molar-refractivity contribution in [3.05, 3.63) is 83.7 Å². The number of benzene rings is 2. The lowest BCUT2D eigenvalue weighted by Crippen LogP contribution is -2.51. The maximum atomic E-state index is 14.1. The van der Waals surface area contributed by atoms with Crippen LogP contribution in [0.4, 0.5) is 21.0 Å². The summed E-state index contributed by atoms with van der Waals surface area (Å²) < 4.78 is 10.7. The van der Waals surface area contributed by atoms with E-state index in [0.717, 1.165) is 23.3 Å². The number of nitrogens with zero attached hydrogens (tertiary/aromatic N) is 3. The van der Waals surface area contributed by atoms with E-state index in [-0.39, 0.29) is 25.5 Å². The Morgan fingerprint density at radius 3 is 2.42 bits per heavy atom. The highest BCUT2D eigenvalue weighted by Crippen LogP contribution is 2.39. The van der Waals surface area contributed by atoms with Crippen molar-refractivity contribution in [2.24, 2.45) is 5.92 Å². The number of nitrogens with one attached hydrogen (secondary N) is 3. The van der Waals surface area contributed by atoms with Gasteiger partial charge in [-0.2, -0.15) is 0 Å². The zero-order valence-electron chi connectivity index (χ0n) is 29.0. The summed E-state index contributed by atoms with van der Waals surface area (Å²) in [5.74, 6) is -0.966. The van der Waals surface area contributed by atoms with Crippen LogP contribution in [0.2, 0.25) is 0 Å². The van der Waals surface area contributed by atoms with Crippen LogP contribution in [0.25, 0.3) is 0 Å². The molecular weight excluding hydrogens is 640 g/mol. The van der Waals surface area contributed by atoms with Crippen molar-refractivity contribution in [3.8, 4) is 5.75 Å². The van der Waals surface area contributed by atoms with Gasteiger partial charge in [0.1, 0.15) is 17.3 Å². The molecule has 2 aliphatic rings. The molecule has 2 fully saturated rings. The van der Waals surface area contributed by atoms with Crippen LogP contribution in [-0.4, -0.2) is 69.9 Å². The first-order valence-corrected chi connectivity index (χ1v) is 16.7. The Hall–Kier alpha value is -5.46. The van der Waals surface area contributed by atoms with Crippen LogP contribution in [0.15, 0.2) is 67.0 Å². The largest absolute Gasteiger partial charge is 0.495 e. The molecule has 1 aromatic heterocycles. The van der Waals surface area contributed by atoms with Crippen molar-refractivity contribution >= 4 is 41.2 Å². The number of pyridine rings is 1. The molecule has 0 radical (unpaired) electrons. The molecule has 6 amide bonds. The molecule has 0 spiro atoms. The smallest absolute Gasteiger partial charge is 0.328 e. The van der Waals surface area contributed by atoms with Crippen molar-refractivity contribution in [2.45, 2.75) is 77.5 Å². The van der Waals surface area contributed by atoms with E-state index < -0.39 is 47.5 Å². The molecule has 50 heavy (non-hydrogen) atoms. The van der Waals surface area contributed by atoms with E-state index in [9.17, 15) is 24.0 Å². The topological polar surface area (TPSA) is 159 Å². The third-order valence-corrected chi connectivity index (χ3v) is 9.05. The number of para-hydroxylation sites is 1. The fourth-order valence-corrected chi connectivity index (χ4v) is 6.00. The standard InChI is InChI=1S/C37H44N6O7/c1-6-50-32(44)20-29(26-11-9-17-38-21-26)39-33(45)30(18-24-13-14-24)43-34(46)37(3,4)42(36(43)48)22-25-15-16-28(31(19-25)49-5)41-35(47)40-27-12-8-7-10-23(27)2/h7-12,15-17,19,21,24,29-30H,6,13-14,18,20,22H2,1-5H3,(H,39,45)(H2,40,41,47)/t29?,30-/m0/s1. The van der Waals surface area contributed by atoms with Gasteiger partial charge in [0.2, 0.25) is 5.91 Å². The monoisotopic (exact) mass is 684 g/mol. The molecule has 1 saturated carbocycles. The van der Waals surface area contributed by atoms with E-state index in [1.165, 1.54) is 12.0 Å². The van der Waals surface area contributed by atoms with Gasteiger partial charge in [-0.3, -0.25) is 19.4 Å². The molecule has 2 heterocycles. The van der Waals surface area contributed by atoms with Gasteiger partial charge in [-0.15, -0.1) is 0 Å². The van der Waals surface area contributed by atoms with Crippen LogP contribution in [-0.2, 0) is 25.7 Å². The zero-order valence-corrected chi connectivity index (χ0v) is 29.0. The maximum absolute atomic E-state index is 14.1. The lowest BCUT2D eigenvalue weighted by Gasteiger charge is -2.28. The summed E-state index contributed by atoms with van der Waals surface area (Å²) in [5.41, 5.74) is 1.97. The number of methoxy groups -OCH3 is 1. The van der Waals surface area contributed by atoms with Crippen molar-refractivity contribution < 1.29 is 33.4 Å². The first-order chi connectivity index (χ1) is 23.9. The number of imide groups is 1. The second-order valence-corrected chi connectivity index (χ2v) is 13.1. The quantitative estimate of drug-likeness (QED) is 0.147. The van der Waals surface area contributed by atoms with Gasteiger partial charge in [0, 0.05) is 24.6 Å². The third-order valence-electron chi connectivity index (χ3n) is 9.05. The average molecular weight is 685 g/mol. The number of esters is 1. The molecule has 1 aliphatic carbocycles. The minimum Gasteiger partial charge on any atom is -0.495 e. The number of amides is 6. The van der Waals surface area contributed by atoms with Crippen molar-refractivity contribution in [2.75, 3.05) is 24.4 Å². The first kappa shape index (κ1) is 35.8. The number of hydrogen-bond donors (Lipinski definition) is 3. The van der Waals surface area contributed by atoms with Crippen LogP contribution >= 0.6 is 0 Å². The zero-order chi connectivity index (χ0) is 36.0. The maximum Gasteiger partial charge on any atom is 0.328 e. The van der Waals surface area contributed by atoms with E-state index in [1.54, 1.807) is 69.6 Å². The molecular formula is C37H44N6O7. The molecule has 2 aromatic carbocycles. The Morgan fingerprint density at radius 1 is 1.02 bits per heavy atom. The summed E-state index contributed by atoms with van der Waals surface area (Å²) in [7, 11) is 1.47. The lowest BCUT2D eigenvalue weighted by atomic mass is 10.0. The lowest BCUT2D eigenvalue weighted by molar-refractivity contribution is -0.144. The Labute approximate surface area is 291 Å². The van der Waals surface area contributed by atoms with Crippen LogP contribution in [0, 0.1) is 12.8 Å². The minimum absolute atomic E-state index is 0.0407. The van der Waals surface area contributed by atoms with Gasteiger partial charge in [0.15, 0.2) is 0 Å². The van der Waals surface area contributed by atoms with Crippen molar-refractivity contribution in [1.82, 2.24) is 20.1 Å². The number of aryl methyl sites for hydroxylation is 1. The summed E-state index contributed by atoms with van der Waals surface area (Å²) >= 11 is 0. The van der Waals surface area contributed by atoms with Gasteiger partial charge in [-0.05, 0) is 81.0 Å². The van der Waals surface area contributed by atoms with E-state index in [4.69, 9.17) is 9.47 Å². The Balaban J connectivity index is 1.34. The van der Waals surface area contributed by atoms with Gasteiger partial charge in [0.25, 0.3) is 5.91 Å². The Bertz CT molecular complexity index is 1740. The number of rotatable bonds is 14. The number of anilines is 2. The number of urea groups is 2. The second kappa shape index (κ2) is 15.4. The van der Waals surface area contributed by atoms with Gasteiger partial charge in [-0.1, -0.05) is 43.2 Å². The normalized spacial score (nSPS) is 16.4. The van der Waals surface area contributed by atoms with E-state index >= 15 is 0 Å². The van der Waals surface area contributed by atoms with Crippen LogP contribution in [0.5, 0.6) is 5.75 Å². The van der Waals surface area contributed by atoms with Crippen LogP contribution in [0.3, 0.4) is 0 Å². The van der Waals surface area contributed by atoms with E-state index in [1.807, 2.05) is 25.1 Å². The van der Waals surface area contributed by atoms with Gasteiger partial charge >= 0.3 is 18.0 Å². The second-order valence-electron chi connectivity index (χ2n) is 13.1. The summed E-state index contributed by atoms with van der Waals surface area (Å²) in [5, 5.41) is 8.54.